The van der Waals surface area contributed by atoms with Gasteiger partial charge >= 0.3 is 0 Å². The summed E-state index contributed by atoms with van der Waals surface area (Å²) in [5, 5.41) is 9.10. The Labute approximate surface area is 115 Å². The number of rotatable bonds is 5. The van der Waals surface area contributed by atoms with Crippen LogP contribution in [0.4, 0.5) is 8.78 Å². The Morgan fingerprint density at radius 2 is 1.80 bits per heavy atom. The highest BCUT2D eigenvalue weighted by Crippen LogP contribution is 2.24. The molecule has 0 aliphatic rings. The first-order valence-corrected chi connectivity index (χ1v) is 5.98. The molecule has 0 aromatic heterocycles. The van der Waals surface area contributed by atoms with E-state index in [-0.39, 0.29) is 19.0 Å². The van der Waals surface area contributed by atoms with Crippen LogP contribution in [0, 0.1) is 11.6 Å². The number of methoxy groups -OCH3 is 1. The van der Waals surface area contributed by atoms with Crippen molar-refractivity contribution in [3.8, 4) is 11.5 Å². The molecule has 0 saturated carbocycles. The molecule has 0 aliphatic carbocycles. The minimum atomic E-state index is -0.762. The lowest BCUT2D eigenvalue weighted by Crippen LogP contribution is -2.01. The van der Waals surface area contributed by atoms with Crippen molar-refractivity contribution in [1.29, 1.82) is 0 Å². The molecule has 20 heavy (non-hydrogen) atoms. The fraction of sp³-hybridized carbons (Fsp3) is 0.200. The number of halogens is 2. The quantitative estimate of drug-likeness (QED) is 0.915. The van der Waals surface area contributed by atoms with Crippen LogP contribution in [0.25, 0.3) is 0 Å². The largest absolute Gasteiger partial charge is 0.496 e. The molecule has 2 aromatic rings. The molecule has 2 aromatic carbocycles. The molecule has 0 radical (unpaired) electrons. The predicted molar refractivity (Wildman–Crippen MR) is 69.6 cm³/mol. The van der Waals surface area contributed by atoms with Crippen molar-refractivity contribution >= 4 is 0 Å². The smallest absolute Gasteiger partial charge is 0.167 e. The SMILES string of the molecule is COc1ccc(CO)cc1COc1ccc(F)cc1F. The molecule has 0 fully saturated rings. The van der Waals surface area contributed by atoms with E-state index in [4.69, 9.17) is 14.6 Å². The average Bonchev–Trinajstić information content (AvgIpc) is 2.46. The van der Waals surface area contributed by atoms with E-state index in [1.54, 1.807) is 18.2 Å². The molecule has 0 amide bonds. The molecule has 0 spiro atoms. The van der Waals surface area contributed by atoms with Crippen LogP contribution in [0.15, 0.2) is 36.4 Å². The van der Waals surface area contributed by atoms with E-state index in [1.807, 2.05) is 0 Å². The third-order valence-electron chi connectivity index (χ3n) is 2.80. The van der Waals surface area contributed by atoms with Crippen LogP contribution in [0.2, 0.25) is 0 Å². The molecule has 106 valence electrons. The lowest BCUT2D eigenvalue weighted by Gasteiger charge is -2.12. The maximum absolute atomic E-state index is 13.4. The fourth-order valence-electron chi connectivity index (χ4n) is 1.79. The summed E-state index contributed by atoms with van der Waals surface area (Å²) in [5.74, 6) is -0.885. The fourth-order valence-corrected chi connectivity index (χ4v) is 1.79. The summed E-state index contributed by atoms with van der Waals surface area (Å²) in [4.78, 5) is 0. The van der Waals surface area contributed by atoms with Gasteiger partial charge in [0.15, 0.2) is 11.6 Å². The summed E-state index contributed by atoms with van der Waals surface area (Å²) in [6.07, 6.45) is 0. The second-order valence-corrected chi connectivity index (χ2v) is 4.17. The zero-order chi connectivity index (χ0) is 14.5. The van der Waals surface area contributed by atoms with Crippen LogP contribution in [0.5, 0.6) is 11.5 Å². The lowest BCUT2D eigenvalue weighted by atomic mass is 10.1. The van der Waals surface area contributed by atoms with Gasteiger partial charge in [0, 0.05) is 11.6 Å². The van der Waals surface area contributed by atoms with Crippen molar-refractivity contribution in [3.05, 3.63) is 59.2 Å². The van der Waals surface area contributed by atoms with Gasteiger partial charge in [-0.05, 0) is 29.8 Å². The Balaban J connectivity index is 2.17. The Hall–Kier alpha value is -2.14. The number of ether oxygens (including phenoxy) is 2. The van der Waals surface area contributed by atoms with Crippen molar-refractivity contribution in [2.24, 2.45) is 0 Å². The molecule has 5 heteroatoms. The first-order chi connectivity index (χ1) is 9.63. The second kappa shape index (κ2) is 6.34. The van der Waals surface area contributed by atoms with Gasteiger partial charge in [-0.3, -0.25) is 0 Å². The standard InChI is InChI=1S/C15H14F2O3/c1-19-14-4-2-10(8-18)6-11(14)9-20-15-5-3-12(16)7-13(15)17/h2-7,18H,8-9H2,1H3. The zero-order valence-electron chi connectivity index (χ0n) is 10.9. The lowest BCUT2D eigenvalue weighted by molar-refractivity contribution is 0.274. The van der Waals surface area contributed by atoms with E-state index < -0.39 is 11.6 Å². The van der Waals surface area contributed by atoms with Crippen LogP contribution in [-0.2, 0) is 13.2 Å². The summed E-state index contributed by atoms with van der Waals surface area (Å²) in [6, 6.07) is 8.25. The van der Waals surface area contributed by atoms with Gasteiger partial charge in [-0.25, -0.2) is 8.78 Å². The molecule has 0 heterocycles. The second-order valence-electron chi connectivity index (χ2n) is 4.17. The van der Waals surface area contributed by atoms with E-state index in [9.17, 15) is 8.78 Å². The highest BCUT2D eigenvalue weighted by Gasteiger charge is 2.08. The highest BCUT2D eigenvalue weighted by molar-refractivity contribution is 5.37. The normalized spacial score (nSPS) is 10.4. The van der Waals surface area contributed by atoms with Gasteiger partial charge in [-0.15, -0.1) is 0 Å². The van der Waals surface area contributed by atoms with Crippen molar-refractivity contribution in [1.82, 2.24) is 0 Å². The van der Waals surface area contributed by atoms with Crippen LogP contribution in [0.1, 0.15) is 11.1 Å². The molecule has 0 saturated heterocycles. The zero-order valence-corrected chi connectivity index (χ0v) is 10.9. The van der Waals surface area contributed by atoms with E-state index >= 15 is 0 Å². The summed E-state index contributed by atoms with van der Waals surface area (Å²) in [6.45, 7) is -0.0541. The predicted octanol–water partition coefficient (Wildman–Crippen LogP) is 3.04. The number of aliphatic hydroxyl groups excluding tert-OH is 1. The Morgan fingerprint density at radius 3 is 2.45 bits per heavy atom. The van der Waals surface area contributed by atoms with Crippen LogP contribution in [-0.4, -0.2) is 12.2 Å². The highest BCUT2D eigenvalue weighted by atomic mass is 19.1. The van der Waals surface area contributed by atoms with Crippen molar-refractivity contribution in [2.75, 3.05) is 7.11 Å². The summed E-state index contributed by atoms with van der Waals surface area (Å²) in [7, 11) is 1.51. The molecule has 0 bridgehead atoms. The van der Waals surface area contributed by atoms with Gasteiger partial charge in [0.1, 0.15) is 18.2 Å². The Morgan fingerprint density at radius 1 is 1.05 bits per heavy atom. The van der Waals surface area contributed by atoms with Crippen LogP contribution < -0.4 is 9.47 Å². The van der Waals surface area contributed by atoms with E-state index in [0.29, 0.717) is 16.9 Å². The maximum atomic E-state index is 13.4. The van der Waals surface area contributed by atoms with Crippen molar-refractivity contribution in [2.45, 2.75) is 13.2 Å². The molecule has 2 rings (SSSR count). The molecular formula is C15H14F2O3. The van der Waals surface area contributed by atoms with Gasteiger partial charge in [0.05, 0.1) is 13.7 Å². The van der Waals surface area contributed by atoms with Crippen LogP contribution >= 0.6 is 0 Å². The van der Waals surface area contributed by atoms with E-state index in [2.05, 4.69) is 0 Å². The molecule has 0 unspecified atom stereocenters. The average molecular weight is 280 g/mol. The number of hydrogen-bond acceptors (Lipinski definition) is 3. The Bertz CT molecular complexity index is 600. The van der Waals surface area contributed by atoms with Crippen molar-refractivity contribution < 1.29 is 23.4 Å². The van der Waals surface area contributed by atoms with E-state index in [0.717, 1.165) is 12.1 Å². The number of aliphatic hydroxyl groups is 1. The van der Waals surface area contributed by atoms with Gasteiger partial charge in [-0.2, -0.15) is 0 Å². The first-order valence-electron chi connectivity index (χ1n) is 5.98. The minimum absolute atomic E-state index is 0.0390. The van der Waals surface area contributed by atoms with Crippen LogP contribution in [0.3, 0.4) is 0 Å². The third-order valence-corrected chi connectivity index (χ3v) is 2.80. The van der Waals surface area contributed by atoms with Gasteiger partial charge in [0.25, 0.3) is 0 Å². The van der Waals surface area contributed by atoms with Gasteiger partial charge in [0.2, 0.25) is 0 Å². The summed E-state index contributed by atoms with van der Waals surface area (Å²) < 4.78 is 36.7. The maximum Gasteiger partial charge on any atom is 0.167 e. The molecule has 3 nitrogen and oxygen atoms in total. The monoisotopic (exact) mass is 280 g/mol. The number of hydrogen-bond donors (Lipinski definition) is 1. The first kappa shape index (κ1) is 14.3. The van der Waals surface area contributed by atoms with Crippen molar-refractivity contribution in [3.63, 3.8) is 0 Å². The Kier molecular flexibility index (Phi) is 4.53. The molecule has 1 N–H and O–H groups in total. The van der Waals surface area contributed by atoms with Gasteiger partial charge < -0.3 is 14.6 Å². The topological polar surface area (TPSA) is 38.7 Å². The number of benzene rings is 2. The molecule has 0 atom stereocenters. The molecular weight excluding hydrogens is 266 g/mol. The third kappa shape index (κ3) is 3.24. The summed E-state index contributed by atoms with van der Waals surface area (Å²) in [5.41, 5.74) is 1.37. The molecule has 0 aliphatic heterocycles. The van der Waals surface area contributed by atoms with E-state index in [1.165, 1.54) is 13.2 Å². The van der Waals surface area contributed by atoms with Gasteiger partial charge in [-0.1, -0.05) is 6.07 Å². The minimum Gasteiger partial charge on any atom is -0.496 e. The summed E-state index contributed by atoms with van der Waals surface area (Å²) >= 11 is 0.